The molecule has 0 fully saturated rings. The second kappa shape index (κ2) is 3.77. The molecule has 2 rings (SSSR count). The number of carbonyl (C=O) groups is 1. The number of rotatable bonds is 3. The Morgan fingerprint density at radius 2 is 2.47 bits per heavy atom. The van der Waals surface area contributed by atoms with Crippen LogP contribution in [0.5, 0.6) is 0 Å². The molecule has 1 N–H and O–H groups in total. The van der Waals surface area contributed by atoms with E-state index in [1.807, 2.05) is 0 Å². The minimum absolute atomic E-state index is 0.0959. The van der Waals surface area contributed by atoms with E-state index in [-0.39, 0.29) is 5.69 Å². The quantitative estimate of drug-likeness (QED) is 0.846. The van der Waals surface area contributed by atoms with Gasteiger partial charge in [0.1, 0.15) is 6.26 Å². The zero-order valence-corrected chi connectivity index (χ0v) is 8.56. The third-order valence-electron chi connectivity index (χ3n) is 1.59. The summed E-state index contributed by atoms with van der Waals surface area (Å²) in [5.41, 5.74) is -0.0959. The molecule has 0 saturated carbocycles. The van der Waals surface area contributed by atoms with E-state index >= 15 is 0 Å². The molecule has 0 amide bonds. The number of carboxylic acids is 1. The van der Waals surface area contributed by atoms with E-state index in [4.69, 9.17) is 9.52 Å². The predicted molar refractivity (Wildman–Crippen MR) is 50.8 cm³/mol. The van der Waals surface area contributed by atoms with Gasteiger partial charge in [-0.3, -0.25) is 4.68 Å². The second-order valence-electron chi connectivity index (χ2n) is 2.76. The zero-order chi connectivity index (χ0) is 10.8. The lowest BCUT2D eigenvalue weighted by molar-refractivity contribution is 0.0690. The largest absolute Gasteiger partial charge is 0.476 e. The number of aryl methyl sites for hydroxylation is 1. The molecule has 0 aliphatic rings. The lowest BCUT2D eigenvalue weighted by atomic mass is 10.5. The normalized spacial score (nSPS) is 10.5. The fraction of sp³-hybridized carbons (Fsp3) is 0.125. The summed E-state index contributed by atoms with van der Waals surface area (Å²) in [5.74, 6) is -1.10. The van der Waals surface area contributed by atoms with Crippen LogP contribution in [-0.4, -0.2) is 25.8 Å². The standard InChI is InChI=1S/C8H7N3O3S/c1-11-3-5(2-9-11)15-8-10-6(4-14-8)7(12)13/h2-4H,1H3,(H,12,13). The molecule has 0 spiro atoms. The number of aromatic nitrogens is 3. The van der Waals surface area contributed by atoms with Gasteiger partial charge in [0.25, 0.3) is 5.22 Å². The van der Waals surface area contributed by atoms with Crippen molar-refractivity contribution in [3.8, 4) is 0 Å². The van der Waals surface area contributed by atoms with Gasteiger partial charge in [0.15, 0.2) is 5.69 Å². The molecule has 2 aromatic heterocycles. The molecular weight excluding hydrogens is 218 g/mol. The van der Waals surface area contributed by atoms with Crippen LogP contribution in [0.15, 0.2) is 33.2 Å². The number of hydrogen-bond donors (Lipinski definition) is 1. The zero-order valence-electron chi connectivity index (χ0n) is 7.75. The molecule has 0 bridgehead atoms. The molecule has 0 saturated heterocycles. The van der Waals surface area contributed by atoms with E-state index in [1.165, 1.54) is 11.8 Å². The van der Waals surface area contributed by atoms with Crippen molar-refractivity contribution < 1.29 is 14.3 Å². The number of carboxylic acid groups (broad SMARTS) is 1. The average molecular weight is 225 g/mol. The number of nitrogens with zero attached hydrogens (tertiary/aromatic N) is 3. The van der Waals surface area contributed by atoms with E-state index < -0.39 is 5.97 Å². The molecule has 7 heteroatoms. The first-order chi connectivity index (χ1) is 7.15. The van der Waals surface area contributed by atoms with Crippen molar-refractivity contribution >= 4 is 17.7 Å². The molecule has 0 atom stereocenters. The summed E-state index contributed by atoms with van der Waals surface area (Å²) in [6.07, 6.45) is 4.55. The Bertz CT molecular complexity index is 491. The first-order valence-corrected chi connectivity index (χ1v) is 4.82. The van der Waals surface area contributed by atoms with Crippen LogP contribution in [0.25, 0.3) is 0 Å². The fourth-order valence-electron chi connectivity index (χ4n) is 0.955. The monoisotopic (exact) mass is 225 g/mol. The van der Waals surface area contributed by atoms with Crippen molar-refractivity contribution in [1.82, 2.24) is 14.8 Å². The van der Waals surface area contributed by atoms with Gasteiger partial charge in [-0.15, -0.1) is 0 Å². The summed E-state index contributed by atoms with van der Waals surface area (Å²) in [6.45, 7) is 0. The Kier molecular flexibility index (Phi) is 2.46. The first kappa shape index (κ1) is 9.78. The molecular formula is C8H7N3O3S. The van der Waals surface area contributed by atoms with Gasteiger partial charge in [-0.1, -0.05) is 0 Å². The smallest absolute Gasteiger partial charge is 0.357 e. The minimum atomic E-state index is -1.10. The van der Waals surface area contributed by atoms with Crippen LogP contribution >= 0.6 is 11.8 Å². The van der Waals surface area contributed by atoms with Gasteiger partial charge in [0.05, 0.1) is 11.1 Å². The summed E-state index contributed by atoms with van der Waals surface area (Å²) < 4.78 is 6.62. The highest BCUT2D eigenvalue weighted by Crippen LogP contribution is 2.25. The SMILES string of the molecule is Cn1cc(Sc2nc(C(=O)O)co2)cn1. The van der Waals surface area contributed by atoms with Crippen LogP contribution in [-0.2, 0) is 7.05 Å². The maximum Gasteiger partial charge on any atom is 0.357 e. The highest BCUT2D eigenvalue weighted by molar-refractivity contribution is 7.99. The fourth-order valence-corrected chi connectivity index (χ4v) is 1.70. The minimum Gasteiger partial charge on any atom is -0.476 e. The number of aromatic carboxylic acids is 1. The molecule has 0 radical (unpaired) electrons. The van der Waals surface area contributed by atoms with Crippen LogP contribution in [0.2, 0.25) is 0 Å². The summed E-state index contributed by atoms with van der Waals surface area (Å²) in [4.78, 5) is 15.1. The van der Waals surface area contributed by atoms with E-state index in [0.29, 0.717) is 5.22 Å². The highest BCUT2D eigenvalue weighted by Gasteiger charge is 2.11. The van der Waals surface area contributed by atoms with Crippen molar-refractivity contribution in [2.24, 2.45) is 7.05 Å². The Balaban J connectivity index is 2.14. The van der Waals surface area contributed by atoms with Gasteiger partial charge >= 0.3 is 5.97 Å². The van der Waals surface area contributed by atoms with Gasteiger partial charge in [0, 0.05) is 13.2 Å². The number of hydrogen-bond acceptors (Lipinski definition) is 5. The predicted octanol–water partition coefficient (Wildman–Crippen LogP) is 1.26. The molecule has 6 nitrogen and oxygen atoms in total. The lowest BCUT2D eigenvalue weighted by Crippen LogP contribution is -1.95. The maximum atomic E-state index is 10.5. The third-order valence-corrected chi connectivity index (χ3v) is 2.40. The van der Waals surface area contributed by atoms with Crippen LogP contribution in [0.4, 0.5) is 0 Å². The molecule has 0 aliphatic carbocycles. The Labute approximate surface area is 88.9 Å². The molecule has 15 heavy (non-hydrogen) atoms. The van der Waals surface area contributed by atoms with Crippen molar-refractivity contribution in [1.29, 1.82) is 0 Å². The van der Waals surface area contributed by atoms with Gasteiger partial charge in [-0.25, -0.2) is 4.79 Å². The van der Waals surface area contributed by atoms with Crippen LogP contribution in [0, 0.1) is 0 Å². The van der Waals surface area contributed by atoms with Gasteiger partial charge < -0.3 is 9.52 Å². The second-order valence-corrected chi connectivity index (χ2v) is 3.78. The topological polar surface area (TPSA) is 81.2 Å². The first-order valence-electron chi connectivity index (χ1n) is 4.00. The average Bonchev–Trinajstić information content (AvgIpc) is 2.76. The van der Waals surface area contributed by atoms with E-state index in [1.54, 1.807) is 24.1 Å². The number of oxazole rings is 1. The molecule has 2 heterocycles. The summed E-state index contributed by atoms with van der Waals surface area (Å²) in [6, 6.07) is 0. The molecule has 0 aliphatic heterocycles. The van der Waals surface area contributed by atoms with Crippen LogP contribution < -0.4 is 0 Å². The van der Waals surface area contributed by atoms with Crippen LogP contribution in [0.1, 0.15) is 10.5 Å². The molecule has 2 aromatic rings. The van der Waals surface area contributed by atoms with E-state index in [9.17, 15) is 4.79 Å². The van der Waals surface area contributed by atoms with Crippen molar-refractivity contribution in [3.05, 3.63) is 24.4 Å². The van der Waals surface area contributed by atoms with Crippen LogP contribution in [0.3, 0.4) is 0 Å². The van der Waals surface area contributed by atoms with Gasteiger partial charge in [-0.05, 0) is 11.8 Å². The summed E-state index contributed by atoms with van der Waals surface area (Å²) >= 11 is 1.22. The van der Waals surface area contributed by atoms with E-state index in [2.05, 4.69) is 10.1 Å². The van der Waals surface area contributed by atoms with E-state index in [0.717, 1.165) is 11.2 Å². The lowest BCUT2D eigenvalue weighted by Gasteiger charge is -1.88. The van der Waals surface area contributed by atoms with Crippen molar-refractivity contribution in [2.45, 2.75) is 10.1 Å². The molecule has 78 valence electrons. The molecule has 0 unspecified atom stereocenters. The Hall–Kier alpha value is -1.76. The Morgan fingerprint density at radius 3 is 3.00 bits per heavy atom. The van der Waals surface area contributed by atoms with Gasteiger partial charge in [0.2, 0.25) is 0 Å². The highest BCUT2D eigenvalue weighted by atomic mass is 32.2. The summed E-state index contributed by atoms with van der Waals surface area (Å²) in [7, 11) is 1.79. The summed E-state index contributed by atoms with van der Waals surface area (Å²) in [5, 5.41) is 12.9. The molecule has 0 aromatic carbocycles. The van der Waals surface area contributed by atoms with Crippen molar-refractivity contribution in [3.63, 3.8) is 0 Å². The Morgan fingerprint density at radius 1 is 1.67 bits per heavy atom. The third kappa shape index (κ3) is 2.18. The maximum absolute atomic E-state index is 10.5. The van der Waals surface area contributed by atoms with Gasteiger partial charge in [-0.2, -0.15) is 10.1 Å². The van der Waals surface area contributed by atoms with Crippen molar-refractivity contribution in [2.75, 3.05) is 0 Å².